The number of fused-ring (bicyclic) bond motifs is 1. The van der Waals surface area contributed by atoms with E-state index < -0.39 is 0 Å². The maximum atomic E-state index is 12.7. The number of aromatic amines is 1. The van der Waals surface area contributed by atoms with Crippen LogP contribution in [0.1, 0.15) is 24.4 Å². The number of nitrogens with two attached hydrogens (primary N) is 1. The second-order valence-corrected chi connectivity index (χ2v) is 8.47. The van der Waals surface area contributed by atoms with E-state index in [0.717, 1.165) is 39.8 Å². The Morgan fingerprint density at radius 3 is 2.75 bits per heavy atom. The van der Waals surface area contributed by atoms with Crippen molar-refractivity contribution in [1.82, 2.24) is 9.97 Å². The van der Waals surface area contributed by atoms with E-state index in [1.807, 2.05) is 35.0 Å². The van der Waals surface area contributed by atoms with Gasteiger partial charge in [0, 0.05) is 22.2 Å². The number of rotatable bonds is 7. The Kier molecular flexibility index (Phi) is 5.57. The number of aromatic nitrogens is 2. The molecule has 5 nitrogen and oxygen atoms in total. The molecule has 1 aromatic carbocycles. The second kappa shape index (κ2) is 8.26. The molecule has 3 N–H and O–H groups in total. The topological polar surface area (TPSA) is 71.6 Å². The largest absolute Gasteiger partial charge is 0.497 e. The van der Waals surface area contributed by atoms with Crippen molar-refractivity contribution < 1.29 is 10.1 Å². The average Bonchev–Trinajstić information content (AvgIpc) is 3.38. The summed E-state index contributed by atoms with van der Waals surface area (Å²) in [5, 5.41) is 6.96. The van der Waals surface area contributed by atoms with Gasteiger partial charge in [-0.3, -0.25) is 4.79 Å². The summed E-state index contributed by atoms with van der Waals surface area (Å²) in [4.78, 5) is 22.4. The van der Waals surface area contributed by atoms with Gasteiger partial charge in [0.1, 0.15) is 16.6 Å². The number of H-pyrrole nitrogens is 1. The summed E-state index contributed by atoms with van der Waals surface area (Å²) in [6.07, 6.45) is 0.947. The zero-order valence-electron chi connectivity index (χ0n) is 15.8. The van der Waals surface area contributed by atoms with Crippen molar-refractivity contribution in [2.45, 2.75) is 19.4 Å². The van der Waals surface area contributed by atoms with Crippen LogP contribution < -0.4 is 15.6 Å². The van der Waals surface area contributed by atoms with Gasteiger partial charge in [0.2, 0.25) is 0 Å². The van der Waals surface area contributed by atoms with Crippen LogP contribution in [-0.4, -0.2) is 23.6 Å². The normalized spacial score (nSPS) is 12.4. The second-order valence-electron chi connectivity index (χ2n) is 6.67. The van der Waals surface area contributed by atoms with Crippen LogP contribution in [0.4, 0.5) is 0 Å². The van der Waals surface area contributed by atoms with Crippen LogP contribution in [-0.2, 0) is 6.42 Å². The van der Waals surface area contributed by atoms with E-state index in [1.165, 1.54) is 16.9 Å². The molecule has 1 atom stereocenters. The molecular formula is C21H22N3O2S2+. The zero-order chi connectivity index (χ0) is 19.5. The van der Waals surface area contributed by atoms with Gasteiger partial charge >= 0.3 is 0 Å². The number of nitrogens with zero attached hydrogens (tertiary/aromatic N) is 1. The van der Waals surface area contributed by atoms with Crippen LogP contribution in [0.15, 0.2) is 52.0 Å². The molecule has 0 radical (unpaired) electrons. The maximum Gasteiger partial charge on any atom is 0.260 e. The number of hydrogen-bond acceptors (Lipinski definition) is 5. The van der Waals surface area contributed by atoms with Crippen molar-refractivity contribution in [3.8, 4) is 16.2 Å². The summed E-state index contributed by atoms with van der Waals surface area (Å²) < 4.78 is 5.19. The fraction of sp³-hybridized carbons (Fsp3) is 0.238. The summed E-state index contributed by atoms with van der Waals surface area (Å²) in [6.45, 7) is 2.99. The van der Waals surface area contributed by atoms with Gasteiger partial charge < -0.3 is 15.0 Å². The first kappa shape index (κ1) is 18.9. The van der Waals surface area contributed by atoms with E-state index in [1.54, 1.807) is 18.4 Å². The summed E-state index contributed by atoms with van der Waals surface area (Å²) in [7, 11) is 1.67. The molecule has 7 heteroatoms. The molecule has 0 spiro atoms. The van der Waals surface area contributed by atoms with E-state index in [-0.39, 0.29) is 11.6 Å². The summed E-state index contributed by atoms with van der Waals surface area (Å²) >= 11 is 3.17. The number of nitrogens with one attached hydrogen (secondary N) is 1. The van der Waals surface area contributed by atoms with Crippen molar-refractivity contribution in [2.24, 2.45) is 0 Å². The highest BCUT2D eigenvalue weighted by molar-refractivity contribution is 7.18. The first-order chi connectivity index (χ1) is 13.7. The smallest absolute Gasteiger partial charge is 0.260 e. The molecule has 4 aromatic rings. The van der Waals surface area contributed by atoms with Gasteiger partial charge in [-0.2, -0.15) is 0 Å². The number of thiophene rings is 2. The van der Waals surface area contributed by atoms with Crippen LogP contribution in [0.3, 0.4) is 0 Å². The lowest BCUT2D eigenvalue weighted by Crippen LogP contribution is -2.85. The minimum Gasteiger partial charge on any atom is -0.497 e. The van der Waals surface area contributed by atoms with Gasteiger partial charge in [0.25, 0.3) is 5.56 Å². The maximum absolute atomic E-state index is 12.7. The lowest BCUT2D eigenvalue weighted by Gasteiger charge is -2.10. The number of benzene rings is 1. The molecule has 0 unspecified atom stereocenters. The third kappa shape index (κ3) is 3.87. The molecule has 0 saturated heterocycles. The molecule has 0 aliphatic rings. The molecule has 28 heavy (non-hydrogen) atoms. The average molecular weight is 413 g/mol. The SMILES string of the molecule is COc1ccc(CC[NH2+][C@H](C)c2nc3scc(-c4cccs4)c3c(=O)[nH]2)cc1. The fourth-order valence-corrected chi connectivity index (χ4v) is 4.97. The van der Waals surface area contributed by atoms with Crippen LogP contribution in [0, 0.1) is 0 Å². The molecule has 0 saturated carbocycles. The van der Waals surface area contributed by atoms with E-state index in [4.69, 9.17) is 9.72 Å². The molecule has 144 valence electrons. The van der Waals surface area contributed by atoms with Crippen molar-refractivity contribution in [3.05, 3.63) is 68.9 Å². The minimum absolute atomic E-state index is 0.0555. The Balaban J connectivity index is 1.47. The number of methoxy groups -OCH3 is 1. The number of ether oxygens (including phenoxy) is 1. The third-order valence-electron chi connectivity index (χ3n) is 4.79. The molecule has 3 heterocycles. The van der Waals surface area contributed by atoms with Gasteiger partial charge in [-0.15, -0.1) is 22.7 Å². The first-order valence-corrected chi connectivity index (χ1v) is 10.9. The lowest BCUT2D eigenvalue weighted by atomic mass is 10.1. The summed E-state index contributed by atoms with van der Waals surface area (Å²) in [5.74, 6) is 1.60. The van der Waals surface area contributed by atoms with Crippen LogP contribution in [0.25, 0.3) is 20.7 Å². The molecule has 0 aliphatic heterocycles. The van der Waals surface area contributed by atoms with E-state index >= 15 is 0 Å². The molecule has 4 rings (SSSR count). The summed E-state index contributed by atoms with van der Waals surface area (Å²) in [6, 6.07) is 12.3. The fourth-order valence-electron chi connectivity index (χ4n) is 3.20. The Morgan fingerprint density at radius 2 is 2.04 bits per heavy atom. The highest BCUT2D eigenvalue weighted by Gasteiger charge is 2.17. The van der Waals surface area contributed by atoms with E-state index in [9.17, 15) is 4.79 Å². The Morgan fingerprint density at radius 1 is 1.21 bits per heavy atom. The van der Waals surface area contributed by atoms with Gasteiger partial charge in [0.15, 0.2) is 5.82 Å². The Bertz CT molecular complexity index is 1110. The van der Waals surface area contributed by atoms with Gasteiger partial charge in [-0.25, -0.2) is 4.98 Å². The van der Waals surface area contributed by atoms with E-state index in [2.05, 4.69) is 29.4 Å². The first-order valence-electron chi connectivity index (χ1n) is 9.17. The molecule has 0 fully saturated rings. The van der Waals surface area contributed by atoms with Crippen molar-refractivity contribution >= 4 is 32.9 Å². The molecule has 0 amide bonds. The monoisotopic (exact) mass is 412 g/mol. The van der Waals surface area contributed by atoms with Crippen molar-refractivity contribution in [3.63, 3.8) is 0 Å². The number of quaternary nitrogens is 1. The standard InChI is InChI=1S/C21H21N3O2S2/c1-13(22-10-9-14-5-7-15(26-2)8-6-14)19-23-20(25)18-16(12-28-21(18)24-19)17-4-3-11-27-17/h3-8,11-13,22H,9-10H2,1-2H3,(H,23,24,25)/p+1/t13-/m1/s1. The van der Waals surface area contributed by atoms with Crippen molar-refractivity contribution in [2.75, 3.05) is 13.7 Å². The predicted molar refractivity (Wildman–Crippen MR) is 115 cm³/mol. The van der Waals surface area contributed by atoms with Gasteiger partial charge in [-0.1, -0.05) is 18.2 Å². The number of hydrogen-bond donors (Lipinski definition) is 2. The molecular weight excluding hydrogens is 390 g/mol. The van der Waals surface area contributed by atoms with Crippen LogP contribution in [0.2, 0.25) is 0 Å². The van der Waals surface area contributed by atoms with E-state index in [0.29, 0.717) is 5.39 Å². The van der Waals surface area contributed by atoms with Crippen molar-refractivity contribution in [1.29, 1.82) is 0 Å². The van der Waals surface area contributed by atoms with Crippen LogP contribution in [0.5, 0.6) is 5.75 Å². The third-order valence-corrected chi connectivity index (χ3v) is 6.57. The predicted octanol–water partition coefficient (Wildman–Crippen LogP) is 3.59. The summed E-state index contributed by atoms with van der Waals surface area (Å²) in [5.41, 5.74) is 2.19. The van der Waals surface area contributed by atoms with Gasteiger partial charge in [0.05, 0.1) is 19.0 Å². The quantitative estimate of drug-likeness (QED) is 0.487. The Hall–Kier alpha value is -2.48. The highest BCUT2D eigenvalue weighted by Crippen LogP contribution is 2.33. The van der Waals surface area contributed by atoms with Gasteiger partial charge in [-0.05, 0) is 36.1 Å². The highest BCUT2D eigenvalue weighted by atomic mass is 32.1. The lowest BCUT2D eigenvalue weighted by molar-refractivity contribution is -0.693. The molecule has 3 aromatic heterocycles. The molecule has 0 bridgehead atoms. The minimum atomic E-state index is -0.0555. The Labute approximate surface area is 171 Å². The zero-order valence-corrected chi connectivity index (χ0v) is 17.4. The van der Waals surface area contributed by atoms with Crippen LogP contribution >= 0.6 is 22.7 Å². The molecule has 0 aliphatic carbocycles.